The summed E-state index contributed by atoms with van der Waals surface area (Å²) in [6, 6.07) is 22.8. The Labute approximate surface area is 203 Å². The van der Waals surface area contributed by atoms with E-state index in [1.807, 2.05) is 30.3 Å². The molecule has 1 N–H and O–H groups in total. The smallest absolute Gasteiger partial charge is 0.336 e. The third kappa shape index (κ3) is 6.59. The van der Waals surface area contributed by atoms with Crippen molar-refractivity contribution in [3.63, 3.8) is 0 Å². The van der Waals surface area contributed by atoms with Crippen molar-refractivity contribution in [2.24, 2.45) is 0 Å². The van der Waals surface area contributed by atoms with E-state index in [0.29, 0.717) is 28.9 Å². The second-order valence-corrected chi connectivity index (χ2v) is 8.25. The molecule has 7 heteroatoms. The van der Waals surface area contributed by atoms with Gasteiger partial charge in [-0.3, -0.25) is 4.90 Å². The summed E-state index contributed by atoms with van der Waals surface area (Å²) in [6.45, 7) is 1.82. The van der Waals surface area contributed by atoms with Crippen LogP contribution < -0.4 is 10.4 Å². The molecule has 5 nitrogen and oxygen atoms in total. The molecule has 1 heterocycles. The number of nitrogens with zero attached hydrogens (tertiary/aromatic N) is 1. The standard InChI is InChI=1S/C26H24ClNO4.ClH/c1-28(15-20-3-2-4-22(27)11-20)14-18-5-7-19(8-6-18)17-31-23-9-10-24-21(16-29)12-26(30)32-25(24)13-23;/h2-13,29H,14-17H2,1H3;1H. The Balaban J connectivity index is 0.00000306. The zero-order chi connectivity index (χ0) is 22.5. The molecule has 0 aliphatic carbocycles. The van der Waals surface area contributed by atoms with Crippen molar-refractivity contribution in [1.82, 2.24) is 4.90 Å². The van der Waals surface area contributed by atoms with E-state index in [-0.39, 0.29) is 19.0 Å². The second-order valence-electron chi connectivity index (χ2n) is 7.81. The highest BCUT2D eigenvalue weighted by molar-refractivity contribution is 6.30. The molecule has 0 bridgehead atoms. The van der Waals surface area contributed by atoms with E-state index in [1.165, 1.54) is 17.2 Å². The zero-order valence-electron chi connectivity index (χ0n) is 18.2. The minimum Gasteiger partial charge on any atom is -0.489 e. The van der Waals surface area contributed by atoms with Gasteiger partial charge in [0.25, 0.3) is 0 Å². The first kappa shape index (κ1) is 24.8. The highest BCUT2D eigenvalue weighted by Gasteiger charge is 2.07. The number of hydrogen-bond acceptors (Lipinski definition) is 5. The molecule has 3 aromatic carbocycles. The minimum absolute atomic E-state index is 0. The predicted octanol–water partition coefficient (Wildman–Crippen LogP) is 5.57. The molecule has 0 unspecified atom stereocenters. The zero-order valence-corrected chi connectivity index (χ0v) is 19.7. The van der Waals surface area contributed by atoms with Crippen molar-refractivity contribution in [3.8, 4) is 5.75 Å². The third-order valence-corrected chi connectivity index (χ3v) is 5.43. The number of halogens is 2. The number of ether oxygens (including phenoxy) is 1. The Bertz CT molecular complexity index is 1270. The Kier molecular flexibility index (Phi) is 8.53. The van der Waals surface area contributed by atoms with Crippen LogP contribution in [0.4, 0.5) is 0 Å². The summed E-state index contributed by atoms with van der Waals surface area (Å²) in [4.78, 5) is 13.9. The molecule has 0 aliphatic rings. The predicted molar refractivity (Wildman–Crippen MR) is 133 cm³/mol. The van der Waals surface area contributed by atoms with Gasteiger partial charge in [0, 0.05) is 35.6 Å². The lowest BCUT2D eigenvalue weighted by Gasteiger charge is -2.17. The van der Waals surface area contributed by atoms with Gasteiger partial charge in [0.05, 0.1) is 6.61 Å². The normalized spacial score (nSPS) is 10.9. The molecule has 1 aromatic heterocycles. The van der Waals surface area contributed by atoms with E-state index < -0.39 is 5.63 Å². The van der Waals surface area contributed by atoms with Gasteiger partial charge in [-0.1, -0.05) is 48.0 Å². The highest BCUT2D eigenvalue weighted by Crippen LogP contribution is 2.23. The monoisotopic (exact) mass is 485 g/mol. The first-order valence-corrected chi connectivity index (χ1v) is 10.7. The number of fused-ring (bicyclic) bond motifs is 1. The summed E-state index contributed by atoms with van der Waals surface area (Å²) in [5.41, 5.74) is 3.88. The Hall–Kier alpha value is -2.83. The van der Waals surface area contributed by atoms with Gasteiger partial charge in [0.1, 0.15) is 17.9 Å². The van der Waals surface area contributed by atoms with E-state index in [9.17, 15) is 9.90 Å². The molecule has 0 amide bonds. The van der Waals surface area contributed by atoms with E-state index in [1.54, 1.807) is 18.2 Å². The van der Waals surface area contributed by atoms with Crippen LogP contribution in [-0.2, 0) is 26.3 Å². The number of aliphatic hydroxyl groups is 1. The molecule has 33 heavy (non-hydrogen) atoms. The van der Waals surface area contributed by atoms with Crippen molar-refractivity contribution < 1.29 is 14.3 Å². The van der Waals surface area contributed by atoms with E-state index in [4.69, 9.17) is 20.8 Å². The third-order valence-electron chi connectivity index (χ3n) is 5.19. The van der Waals surface area contributed by atoms with Crippen LogP contribution in [0.25, 0.3) is 11.0 Å². The SMILES string of the molecule is CN(Cc1ccc(COc2ccc3c(CO)cc(=O)oc3c2)cc1)Cc1cccc(Cl)c1.Cl. The molecule has 0 aliphatic heterocycles. The maximum Gasteiger partial charge on any atom is 0.336 e. The van der Waals surface area contributed by atoms with Crippen LogP contribution in [0.3, 0.4) is 0 Å². The van der Waals surface area contributed by atoms with E-state index in [2.05, 4.69) is 30.1 Å². The number of aliphatic hydroxyl groups excluding tert-OH is 1. The quantitative estimate of drug-likeness (QED) is 0.330. The first-order chi connectivity index (χ1) is 15.5. The lowest BCUT2D eigenvalue weighted by molar-refractivity contribution is 0.282. The number of hydrogen-bond donors (Lipinski definition) is 1. The van der Waals surface area contributed by atoms with E-state index in [0.717, 1.165) is 23.7 Å². The van der Waals surface area contributed by atoms with Crippen LogP contribution in [0.15, 0.2) is 82.0 Å². The van der Waals surface area contributed by atoms with Crippen LogP contribution in [0.2, 0.25) is 5.02 Å². The van der Waals surface area contributed by atoms with Crippen LogP contribution in [0.1, 0.15) is 22.3 Å². The van der Waals surface area contributed by atoms with Gasteiger partial charge in [0.15, 0.2) is 0 Å². The van der Waals surface area contributed by atoms with Crippen molar-refractivity contribution in [1.29, 1.82) is 0 Å². The van der Waals surface area contributed by atoms with Crippen molar-refractivity contribution in [2.75, 3.05) is 7.05 Å². The lowest BCUT2D eigenvalue weighted by atomic mass is 10.1. The van der Waals surface area contributed by atoms with Crippen LogP contribution in [0.5, 0.6) is 5.75 Å². The van der Waals surface area contributed by atoms with Crippen molar-refractivity contribution in [3.05, 3.63) is 110 Å². The average Bonchev–Trinajstić information content (AvgIpc) is 2.77. The fraction of sp³-hybridized carbons (Fsp3) is 0.192. The lowest BCUT2D eigenvalue weighted by Crippen LogP contribution is -2.17. The van der Waals surface area contributed by atoms with Gasteiger partial charge in [-0.05, 0) is 53.6 Å². The van der Waals surface area contributed by atoms with Crippen molar-refractivity contribution in [2.45, 2.75) is 26.3 Å². The summed E-state index contributed by atoms with van der Waals surface area (Å²) in [6.07, 6.45) is 0. The maximum absolute atomic E-state index is 11.7. The minimum atomic E-state index is -0.491. The Morgan fingerprint density at radius 1 is 0.939 bits per heavy atom. The molecule has 0 radical (unpaired) electrons. The molecule has 0 fully saturated rings. The molecular weight excluding hydrogens is 461 g/mol. The molecule has 0 spiro atoms. The summed E-state index contributed by atoms with van der Waals surface area (Å²) in [5.74, 6) is 0.598. The van der Waals surface area contributed by atoms with Gasteiger partial charge in [-0.2, -0.15) is 0 Å². The highest BCUT2D eigenvalue weighted by atomic mass is 35.5. The second kappa shape index (κ2) is 11.3. The molecule has 0 saturated heterocycles. The first-order valence-electron chi connectivity index (χ1n) is 10.3. The fourth-order valence-electron chi connectivity index (χ4n) is 3.65. The molecule has 4 aromatic rings. The number of rotatable bonds is 8. The molecule has 172 valence electrons. The maximum atomic E-state index is 11.7. The number of benzene rings is 3. The van der Waals surface area contributed by atoms with Crippen LogP contribution in [-0.4, -0.2) is 17.1 Å². The van der Waals surface area contributed by atoms with E-state index >= 15 is 0 Å². The molecule has 4 rings (SSSR count). The van der Waals surface area contributed by atoms with Gasteiger partial charge in [0.2, 0.25) is 0 Å². The van der Waals surface area contributed by atoms with Gasteiger partial charge >= 0.3 is 5.63 Å². The van der Waals surface area contributed by atoms with Crippen molar-refractivity contribution >= 4 is 35.0 Å². The Morgan fingerprint density at radius 3 is 2.39 bits per heavy atom. The summed E-state index contributed by atoms with van der Waals surface area (Å²) >= 11 is 6.07. The van der Waals surface area contributed by atoms with Gasteiger partial charge in [-0.25, -0.2) is 4.79 Å². The fourth-order valence-corrected chi connectivity index (χ4v) is 3.87. The summed E-state index contributed by atoms with van der Waals surface area (Å²) < 4.78 is 11.1. The molecule has 0 atom stereocenters. The summed E-state index contributed by atoms with van der Waals surface area (Å²) in [7, 11) is 2.08. The molecular formula is C26H25Cl2NO4. The molecule has 0 saturated carbocycles. The average molecular weight is 486 g/mol. The van der Waals surface area contributed by atoms with Crippen LogP contribution >= 0.6 is 24.0 Å². The summed E-state index contributed by atoms with van der Waals surface area (Å²) in [5, 5.41) is 10.9. The largest absolute Gasteiger partial charge is 0.489 e. The topological polar surface area (TPSA) is 62.9 Å². The Morgan fingerprint density at radius 2 is 1.67 bits per heavy atom. The van der Waals surface area contributed by atoms with Gasteiger partial charge < -0.3 is 14.3 Å². The van der Waals surface area contributed by atoms with Gasteiger partial charge in [-0.15, -0.1) is 12.4 Å². The van der Waals surface area contributed by atoms with Crippen LogP contribution in [0, 0.1) is 0 Å².